The van der Waals surface area contributed by atoms with Gasteiger partial charge in [-0.15, -0.1) is 0 Å². The summed E-state index contributed by atoms with van der Waals surface area (Å²) >= 11 is 0. The maximum absolute atomic E-state index is 11.1. The molecule has 0 fully saturated rings. The fourth-order valence-corrected chi connectivity index (χ4v) is 0.848. The number of aromatic hydroxyl groups is 1. The molecule has 0 aromatic carbocycles. The van der Waals surface area contributed by atoms with Gasteiger partial charge in [0.15, 0.2) is 11.6 Å². The number of carbonyl (C=O) groups is 2. The summed E-state index contributed by atoms with van der Waals surface area (Å²) in [5.74, 6) is -2.26. The number of ether oxygens (including phenoxy) is 1. The van der Waals surface area contributed by atoms with Crippen molar-refractivity contribution in [2.75, 3.05) is 11.9 Å². The zero-order chi connectivity index (χ0) is 11.3. The molecule has 6 nitrogen and oxygen atoms in total. The molecule has 1 aromatic heterocycles. The molecule has 1 heterocycles. The predicted octanol–water partition coefficient (Wildman–Crippen LogP) is 0.289. The van der Waals surface area contributed by atoms with Crippen LogP contribution in [-0.2, 0) is 14.3 Å². The van der Waals surface area contributed by atoms with E-state index in [2.05, 4.69) is 15.0 Å². The molecule has 1 amide bonds. The Kier molecular flexibility index (Phi) is 3.61. The van der Waals surface area contributed by atoms with Crippen LogP contribution in [0.1, 0.15) is 6.92 Å². The third-order valence-electron chi connectivity index (χ3n) is 1.48. The van der Waals surface area contributed by atoms with Gasteiger partial charge in [-0.2, -0.15) is 0 Å². The van der Waals surface area contributed by atoms with Crippen LogP contribution in [0.2, 0.25) is 0 Å². The molecule has 6 heteroatoms. The lowest BCUT2D eigenvalue weighted by Crippen LogP contribution is -2.25. The Labute approximate surface area is 85.9 Å². The number of hydrogen-bond acceptors (Lipinski definition) is 5. The van der Waals surface area contributed by atoms with Crippen LogP contribution in [0.15, 0.2) is 18.3 Å². The van der Waals surface area contributed by atoms with Crippen molar-refractivity contribution in [3.05, 3.63) is 18.3 Å². The number of hydrogen-bond donors (Lipinski definition) is 2. The number of amides is 1. The molecular formula is C9H10N2O4. The summed E-state index contributed by atoms with van der Waals surface area (Å²) in [5, 5.41) is 11.4. The quantitative estimate of drug-likeness (QED) is 0.541. The zero-order valence-corrected chi connectivity index (χ0v) is 8.06. The first-order valence-corrected chi connectivity index (χ1v) is 4.27. The van der Waals surface area contributed by atoms with Crippen LogP contribution < -0.4 is 5.32 Å². The number of aromatic nitrogens is 1. The lowest BCUT2D eigenvalue weighted by atomic mass is 10.4. The summed E-state index contributed by atoms with van der Waals surface area (Å²) < 4.78 is 4.46. The first-order valence-electron chi connectivity index (χ1n) is 4.27. The molecule has 1 aromatic rings. The topological polar surface area (TPSA) is 88.5 Å². The average molecular weight is 210 g/mol. The van der Waals surface area contributed by atoms with Gasteiger partial charge in [-0.25, -0.2) is 9.78 Å². The van der Waals surface area contributed by atoms with Gasteiger partial charge in [-0.05, 0) is 19.1 Å². The number of nitrogens with zero attached hydrogens (tertiary/aromatic N) is 1. The van der Waals surface area contributed by atoms with Gasteiger partial charge in [0.05, 0.1) is 6.61 Å². The smallest absolute Gasteiger partial charge is 0.397 e. The van der Waals surface area contributed by atoms with Gasteiger partial charge in [0.2, 0.25) is 0 Å². The Morgan fingerprint density at radius 1 is 1.60 bits per heavy atom. The second-order valence-electron chi connectivity index (χ2n) is 2.55. The Morgan fingerprint density at radius 2 is 2.33 bits per heavy atom. The van der Waals surface area contributed by atoms with Gasteiger partial charge in [0, 0.05) is 6.20 Å². The van der Waals surface area contributed by atoms with Gasteiger partial charge >= 0.3 is 11.9 Å². The maximum Gasteiger partial charge on any atom is 0.397 e. The Hall–Kier alpha value is -2.11. The standard InChI is InChI=1S/C9H10N2O4/c1-2-15-9(14)8(13)11-7-6(12)4-3-5-10-7/h3-5,12H,2H2,1H3,(H,10,11,13). The van der Waals surface area contributed by atoms with Crippen LogP contribution in [0.25, 0.3) is 0 Å². The highest BCUT2D eigenvalue weighted by molar-refractivity contribution is 6.37. The third kappa shape index (κ3) is 2.94. The van der Waals surface area contributed by atoms with Crippen molar-refractivity contribution >= 4 is 17.7 Å². The second kappa shape index (κ2) is 4.94. The first-order chi connectivity index (χ1) is 7.15. The molecule has 0 saturated heterocycles. The molecular weight excluding hydrogens is 200 g/mol. The molecule has 2 N–H and O–H groups in total. The molecule has 0 bridgehead atoms. The molecule has 1 rings (SSSR count). The summed E-state index contributed by atoms with van der Waals surface area (Å²) in [4.78, 5) is 25.7. The van der Waals surface area contributed by atoms with Crippen molar-refractivity contribution in [2.24, 2.45) is 0 Å². The highest BCUT2D eigenvalue weighted by Crippen LogP contribution is 2.17. The van der Waals surface area contributed by atoms with Crippen LogP contribution in [0.5, 0.6) is 5.75 Å². The normalized spacial score (nSPS) is 9.40. The predicted molar refractivity (Wildman–Crippen MR) is 51.2 cm³/mol. The van der Waals surface area contributed by atoms with E-state index in [-0.39, 0.29) is 18.2 Å². The van der Waals surface area contributed by atoms with Crippen molar-refractivity contribution in [3.8, 4) is 5.75 Å². The molecule has 0 unspecified atom stereocenters. The monoisotopic (exact) mass is 210 g/mol. The van der Waals surface area contributed by atoms with Crippen LogP contribution in [0, 0.1) is 0 Å². The molecule has 0 atom stereocenters. The van der Waals surface area contributed by atoms with E-state index in [0.29, 0.717) is 0 Å². The molecule has 80 valence electrons. The van der Waals surface area contributed by atoms with E-state index < -0.39 is 11.9 Å². The van der Waals surface area contributed by atoms with Gasteiger partial charge in [0.25, 0.3) is 0 Å². The average Bonchev–Trinajstić information content (AvgIpc) is 2.21. The lowest BCUT2D eigenvalue weighted by molar-refractivity contribution is -0.152. The molecule has 0 radical (unpaired) electrons. The molecule has 0 saturated carbocycles. The van der Waals surface area contributed by atoms with Crippen molar-refractivity contribution in [3.63, 3.8) is 0 Å². The molecule has 0 aliphatic rings. The molecule has 0 spiro atoms. The maximum atomic E-state index is 11.1. The van der Waals surface area contributed by atoms with Crippen LogP contribution in [-0.4, -0.2) is 28.6 Å². The van der Waals surface area contributed by atoms with Crippen molar-refractivity contribution < 1.29 is 19.4 Å². The van der Waals surface area contributed by atoms with E-state index in [1.54, 1.807) is 6.92 Å². The van der Waals surface area contributed by atoms with Gasteiger partial charge < -0.3 is 9.84 Å². The van der Waals surface area contributed by atoms with E-state index in [0.717, 1.165) is 0 Å². The summed E-state index contributed by atoms with van der Waals surface area (Å²) in [5.41, 5.74) is 0. The summed E-state index contributed by atoms with van der Waals surface area (Å²) in [7, 11) is 0. The first kappa shape index (κ1) is 11.0. The third-order valence-corrected chi connectivity index (χ3v) is 1.48. The summed E-state index contributed by atoms with van der Waals surface area (Å²) in [6.07, 6.45) is 1.38. The highest BCUT2D eigenvalue weighted by Gasteiger charge is 2.16. The minimum absolute atomic E-state index is 0.0736. The molecule has 0 aliphatic heterocycles. The Balaban J connectivity index is 2.67. The van der Waals surface area contributed by atoms with Crippen molar-refractivity contribution in [1.82, 2.24) is 4.98 Å². The highest BCUT2D eigenvalue weighted by atomic mass is 16.5. The summed E-state index contributed by atoms with van der Waals surface area (Å²) in [6.45, 7) is 1.70. The van der Waals surface area contributed by atoms with Gasteiger partial charge in [-0.1, -0.05) is 0 Å². The van der Waals surface area contributed by atoms with Crippen LogP contribution in [0.4, 0.5) is 5.82 Å². The van der Waals surface area contributed by atoms with E-state index >= 15 is 0 Å². The van der Waals surface area contributed by atoms with E-state index in [1.807, 2.05) is 0 Å². The largest absolute Gasteiger partial charge is 0.504 e. The minimum Gasteiger partial charge on any atom is -0.504 e. The molecule has 0 aliphatic carbocycles. The SMILES string of the molecule is CCOC(=O)C(=O)Nc1ncccc1O. The van der Waals surface area contributed by atoms with Crippen LogP contribution in [0.3, 0.4) is 0 Å². The lowest BCUT2D eigenvalue weighted by Gasteiger charge is -2.04. The van der Waals surface area contributed by atoms with Crippen molar-refractivity contribution in [2.45, 2.75) is 6.92 Å². The molecule has 15 heavy (non-hydrogen) atoms. The second-order valence-corrected chi connectivity index (χ2v) is 2.55. The van der Waals surface area contributed by atoms with E-state index in [4.69, 9.17) is 0 Å². The number of anilines is 1. The fraction of sp³-hybridized carbons (Fsp3) is 0.222. The number of carbonyl (C=O) groups excluding carboxylic acids is 2. The number of rotatable bonds is 2. The van der Waals surface area contributed by atoms with Crippen molar-refractivity contribution in [1.29, 1.82) is 0 Å². The summed E-state index contributed by atoms with van der Waals surface area (Å²) in [6, 6.07) is 2.84. The van der Waals surface area contributed by atoms with Gasteiger partial charge in [-0.3, -0.25) is 10.1 Å². The number of esters is 1. The minimum atomic E-state index is -1.01. The van der Waals surface area contributed by atoms with Crippen LogP contribution >= 0.6 is 0 Å². The van der Waals surface area contributed by atoms with E-state index in [1.165, 1.54) is 18.3 Å². The van der Waals surface area contributed by atoms with Gasteiger partial charge in [0.1, 0.15) is 0 Å². The van der Waals surface area contributed by atoms with E-state index in [9.17, 15) is 14.7 Å². The number of pyridine rings is 1. The Morgan fingerprint density at radius 3 is 2.93 bits per heavy atom. The Bertz CT molecular complexity index is 378. The zero-order valence-electron chi connectivity index (χ0n) is 8.06. The number of nitrogens with one attached hydrogen (secondary N) is 1. The fourth-order valence-electron chi connectivity index (χ4n) is 0.848.